The highest BCUT2D eigenvalue weighted by atomic mass is 32.2. The van der Waals surface area contributed by atoms with Gasteiger partial charge < -0.3 is 10.1 Å². The summed E-state index contributed by atoms with van der Waals surface area (Å²) in [5.74, 6) is -1.79. The molecule has 0 atom stereocenters. The van der Waals surface area contributed by atoms with Crippen molar-refractivity contribution < 1.29 is 27.3 Å². The molecule has 0 aromatic heterocycles. The number of ether oxygens (including phenoxy) is 1. The molecule has 0 saturated carbocycles. The van der Waals surface area contributed by atoms with Crippen molar-refractivity contribution in [2.45, 2.75) is 4.90 Å². The Balaban J connectivity index is 1.91. The molecule has 3 rings (SSSR count). The molecule has 0 unspecified atom stereocenters. The number of benzene rings is 2. The number of sulfonamides is 1. The first-order valence-electron chi connectivity index (χ1n) is 8.23. The van der Waals surface area contributed by atoms with Crippen molar-refractivity contribution in [3.05, 3.63) is 64.0 Å². The van der Waals surface area contributed by atoms with Crippen LogP contribution in [0.5, 0.6) is 0 Å². The Labute approximate surface area is 159 Å². The number of amides is 1. The summed E-state index contributed by atoms with van der Waals surface area (Å²) < 4.78 is 45.8. The molecule has 9 nitrogen and oxygen atoms in total. The molecule has 1 N–H and O–H groups in total. The molecule has 11 heteroatoms. The summed E-state index contributed by atoms with van der Waals surface area (Å²) in [6.07, 6.45) is 0. The number of anilines is 1. The Morgan fingerprint density at radius 2 is 1.86 bits per heavy atom. The van der Waals surface area contributed by atoms with Crippen molar-refractivity contribution in [1.82, 2.24) is 4.31 Å². The molecular weight excluding hydrogens is 393 g/mol. The Kier molecular flexibility index (Phi) is 5.68. The van der Waals surface area contributed by atoms with E-state index in [1.807, 2.05) is 0 Å². The number of hydrogen-bond acceptors (Lipinski definition) is 6. The van der Waals surface area contributed by atoms with Gasteiger partial charge in [0.05, 0.1) is 18.1 Å². The molecular formula is C17H16FN3O6S. The summed E-state index contributed by atoms with van der Waals surface area (Å²) in [6, 6.07) is 8.41. The van der Waals surface area contributed by atoms with Crippen LogP contribution in [-0.2, 0) is 14.8 Å². The second kappa shape index (κ2) is 8.00. The predicted octanol–water partition coefficient (Wildman–Crippen LogP) is 2.01. The van der Waals surface area contributed by atoms with E-state index in [1.54, 1.807) is 0 Å². The highest BCUT2D eigenvalue weighted by Crippen LogP contribution is 2.25. The number of nitro groups is 1. The summed E-state index contributed by atoms with van der Waals surface area (Å²) >= 11 is 0. The Morgan fingerprint density at radius 1 is 1.18 bits per heavy atom. The van der Waals surface area contributed by atoms with Crippen LogP contribution in [0.4, 0.5) is 15.8 Å². The van der Waals surface area contributed by atoms with E-state index in [4.69, 9.17) is 4.74 Å². The van der Waals surface area contributed by atoms with Gasteiger partial charge in [0.25, 0.3) is 11.6 Å². The van der Waals surface area contributed by atoms with Crippen LogP contribution in [0.3, 0.4) is 0 Å². The van der Waals surface area contributed by atoms with Gasteiger partial charge in [0.1, 0.15) is 16.4 Å². The van der Waals surface area contributed by atoms with Gasteiger partial charge in [0.15, 0.2) is 0 Å². The summed E-state index contributed by atoms with van der Waals surface area (Å²) in [4.78, 5) is 22.2. The second-order valence-electron chi connectivity index (χ2n) is 5.89. The topological polar surface area (TPSA) is 119 Å². The first kappa shape index (κ1) is 19.9. The van der Waals surface area contributed by atoms with Gasteiger partial charge in [0, 0.05) is 24.7 Å². The van der Waals surface area contributed by atoms with Crippen LogP contribution in [0.2, 0.25) is 0 Å². The van der Waals surface area contributed by atoms with Crippen LogP contribution in [0.1, 0.15) is 10.4 Å². The number of carbonyl (C=O) groups is 1. The zero-order valence-electron chi connectivity index (χ0n) is 14.5. The fourth-order valence-electron chi connectivity index (χ4n) is 2.70. The third-order valence-electron chi connectivity index (χ3n) is 4.13. The average molecular weight is 409 g/mol. The molecule has 1 amide bonds. The third-order valence-corrected chi connectivity index (χ3v) is 6.04. The zero-order valence-corrected chi connectivity index (χ0v) is 15.3. The minimum absolute atomic E-state index is 0.0561. The highest BCUT2D eigenvalue weighted by molar-refractivity contribution is 7.89. The molecule has 1 aliphatic heterocycles. The van der Waals surface area contributed by atoms with Gasteiger partial charge in [-0.05, 0) is 24.3 Å². The lowest BCUT2D eigenvalue weighted by atomic mass is 10.2. The van der Waals surface area contributed by atoms with E-state index in [9.17, 15) is 27.7 Å². The third kappa shape index (κ3) is 4.01. The van der Waals surface area contributed by atoms with E-state index < -0.39 is 31.6 Å². The minimum atomic E-state index is -4.15. The zero-order chi connectivity index (χ0) is 20.3. The quantitative estimate of drug-likeness (QED) is 0.596. The molecule has 1 heterocycles. The predicted molar refractivity (Wildman–Crippen MR) is 97.0 cm³/mol. The van der Waals surface area contributed by atoms with Crippen molar-refractivity contribution >= 4 is 27.3 Å². The molecule has 2 aromatic carbocycles. The number of nitro benzene ring substituents is 1. The van der Waals surface area contributed by atoms with E-state index in [0.29, 0.717) is 0 Å². The van der Waals surface area contributed by atoms with Crippen molar-refractivity contribution in [3.8, 4) is 0 Å². The van der Waals surface area contributed by atoms with E-state index in [0.717, 1.165) is 22.5 Å². The number of hydrogen-bond donors (Lipinski definition) is 1. The van der Waals surface area contributed by atoms with Crippen LogP contribution in [0, 0.1) is 15.9 Å². The van der Waals surface area contributed by atoms with Crippen LogP contribution >= 0.6 is 0 Å². The molecule has 1 saturated heterocycles. The molecule has 148 valence electrons. The number of rotatable bonds is 5. The van der Waals surface area contributed by atoms with Crippen LogP contribution in [-0.4, -0.2) is 49.9 Å². The molecule has 0 radical (unpaired) electrons. The second-order valence-corrected chi connectivity index (χ2v) is 7.80. The van der Waals surface area contributed by atoms with Crippen molar-refractivity contribution in [2.75, 3.05) is 31.6 Å². The number of carbonyl (C=O) groups excluding carboxylic acids is 1. The van der Waals surface area contributed by atoms with Gasteiger partial charge >= 0.3 is 0 Å². The molecule has 0 aliphatic carbocycles. The fourth-order valence-corrected chi connectivity index (χ4v) is 4.20. The lowest BCUT2D eigenvalue weighted by Crippen LogP contribution is -2.41. The Bertz CT molecular complexity index is 1020. The van der Waals surface area contributed by atoms with E-state index in [1.165, 1.54) is 24.3 Å². The van der Waals surface area contributed by atoms with Crippen molar-refractivity contribution in [1.29, 1.82) is 0 Å². The molecule has 28 heavy (non-hydrogen) atoms. The molecule has 0 bridgehead atoms. The van der Waals surface area contributed by atoms with Gasteiger partial charge in [-0.3, -0.25) is 14.9 Å². The number of halogens is 1. The van der Waals surface area contributed by atoms with E-state index >= 15 is 0 Å². The van der Waals surface area contributed by atoms with Crippen LogP contribution in [0.25, 0.3) is 0 Å². The highest BCUT2D eigenvalue weighted by Gasteiger charge is 2.30. The van der Waals surface area contributed by atoms with Gasteiger partial charge in [-0.2, -0.15) is 4.31 Å². The summed E-state index contributed by atoms with van der Waals surface area (Å²) in [5, 5.41) is 13.4. The van der Waals surface area contributed by atoms with Crippen LogP contribution in [0.15, 0.2) is 47.4 Å². The number of nitrogens with one attached hydrogen (secondary N) is 1. The summed E-state index contributed by atoms with van der Waals surface area (Å²) in [6.45, 7) is 0.542. The first-order chi connectivity index (χ1) is 13.3. The normalized spacial score (nSPS) is 15.2. The van der Waals surface area contributed by atoms with Crippen molar-refractivity contribution in [2.24, 2.45) is 0 Å². The number of para-hydroxylation sites is 2. The smallest absolute Gasteiger partial charge is 0.292 e. The average Bonchev–Trinajstić information content (AvgIpc) is 2.69. The Morgan fingerprint density at radius 3 is 2.54 bits per heavy atom. The maximum atomic E-state index is 14.2. The monoisotopic (exact) mass is 409 g/mol. The lowest BCUT2D eigenvalue weighted by molar-refractivity contribution is -0.383. The van der Waals surface area contributed by atoms with Gasteiger partial charge in [0.2, 0.25) is 10.0 Å². The van der Waals surface area contributed by atoms with Gasteiger partial charge in [-0.15, -0.1) is 0 Å². The molecule has 1 aliphatic rings. The summed E-state index contributed by atoms with van der Waals surface area (Å²) in [7, 11) is -4.15. The van der Waals surface area contributed by atoms with Crippen LogP contribution < -0.4 is 5.32 Å². The van der Waals surface area contributed by atoms with Gasteiger partial charge in [-0.25, -0.2) is 12.8 Å². The van der Waals surface area contributed by atoms with Crippen molar-refractivity contribution in [3.63, 3.8) is 0 Å². The van der Waals surface area contributed by atoms with E-state index in [-0.39, 0.29) is 43.2 Å². The largest absolute Gasteiger partial charge is 0.379 e. The summed E-state index contributed by atoms with van der Waals surface area (Å²) in [5.41, 5.74) is -0.523. The Hall–Kier alpha value is -2.89. The van der Waals surface area contributed by atoms with E-state index in [2.05, 4.69) is 5.32 Å². The standard InChI is InChI=1S/C17H16FN3O6S/c18-13-6-5-12(11-16(13)28(25,26)20-7-9-27-10-8-20)17(22)19-14-3-1-2-4-15(14)21(23)24/h1-6,11H,7-10H2,(H,19,22). The molecule has 1 fully saturated rings. The maximum Gasteiger partial charge on any atom is 0.292 e. The maximum absolute atomic E-state index is 14.2. The first-order valence-corrected chi connectivity index (χ1v) is 9.67. The molecule has 2 aromatic rings. The minimum Gasteiger partial charge on any atom is -0.379 e. The van der Waals surface area contributed by atoms with Gasteiger partial charge in [-0.1, -0.05) is 12.1 Å². The number of nitrogens with zero attached hydrogens (tertiary/aromatic N) is 2. The fraction of sp³-hybridized carbons (Fsp3) is 0.235. The number of morpholine rings is 1. The lowest BCUT2D eigenvalue weighted by Gasteiger charge is -2.26. The molecule has 0 spiro atoms. The SMILES string of the molecule is O=C(Nc1ccccc1[N+](=O)[O-])c1ccc(F)c(S(=O)(=O)N2CCOCC2)c1.